The molecule has 0 bridgehead atoms. The number of carbonyl (C=O) groups excluding carboxylic acids is 1. The van der Waals surface area contributed by atoms with E-state index in [1.165, 1.54) is 70.6 Å². The number of phosphoric acid groups is 1. The molecule has 406 valence electrons. The lowest BCUT2D eigenvalue weighted by atomic mass is 10.0. The van der Waals surface area contributed by atoms with E-state index in [1.54, 1.807) is 0 Å². The zero-order valence-electron chi connectivity index (χ0n) is 46.2. The van der Waals surface area contributed by atoms with Crippen LogP contribution in [-0.4, -0.2) is 73.4 Å². The number of aliphatic hydroxyl groups excluding tert-OH is 1. The Morgan fingerprint density at radius 3 is 1.24 bits per heavy atom. The van der Waals surface area contributed by atoms with Crippen LogP contribution in [0.2, 0.25) is 0 Å². The maximum Gasteiger partial charge on any atom is 0.472 e. The first-order chi connectivity index (χ1) is 34.5. The van der Waals surface area contributed by atoms with Gasteiger partial charge < -0.3 is 19.8 Å². The molecule has 0 aliphatic rings. The standard InChI is InChI=1S/C62H107N2O6P/c1-6-8-10-12-14-16-18-20-22-23-24-25-26-27-28-29-30-31-32-33-34-35-36-37-38-39-40-41-42-44-46-48-50-52-54-56-62(66)63-60(59-70-71(67,68)69-58-57-64(3,4)5)61(65)55-53-51-49-47-45-43-21-19-17-15-13-11-9-7-2/h8,10,14,16,20,22,24-25,27-28,30-31,33-34,36-37,39-40,42,44,60-61,65H,6-7,9,11-13,15,17-19,21,23,26,29,32,35,38,41,43,45-59H2,1-5H3,(H-,63,66,67,68)/p+1/b10-8-,16-14-,22-20-,25-24-,28-27-,31-30-,34-33-,37-36-,40-39-,44-42-. The van der Waals surface area contributed by atoms with Crippen LogP contribution in [0.5, 0.6) is 0 Å². The molecule has 8 nitrogen and oxygen atoms in total. The number of unbranched alkanes of at least 4 members (excludes halogenated alkanes) is 17. The van der Waals surface area contributed by atoms with E-state index < -0.39 is 20.0 Å². The smallest absolute Gasteiger partial charge is 0.391 e. The molecule has 0 aliphatic carbocycles. The average molecular weight is 1010 g/mol. The van der Waals surface area contributed by atoms with Gasteiger partial charge in [0.05, 0.1) is 39.9 Å². The highest BCUT2D eigenvalue weighted by Crippen LogP contribution is 2.43. The summed E-state index contributed by atoms with van der Waals surface area (Å²) < 4.78 is 23.7. The Morgan fingerprint density at radius 1 is 0.493 bits per heavy atom. The van der Waals surface area contributed by atoms with Crippen LogP contribution in [0.1, 0.15) is 213 Å². The number of carbonyl (C=O) groups is 1. The maximum atomic E-state index is 13.0. The van der Waals surface area contributed by atoms with Crippen molar-refractivity contribution >= 4 is 13.7 Å². The Balaban J connectivity index is 4.23. The molecule has 0 rings (SSSR count). The second-order valence-electron chi connectivity index (χ2n) is 19.9. The molecule has 0 fully saturated rings. The lowest BCUT2D eigenvalue weighted by molar-refractivity contribution is -0.870. The SMILES string of the molecule is CC/C=C\C/C=C\C/C=C\C/C=C\C/C=C\C/C=C\C/C=C\C/C=C\C/C=C\C/C=C\CCCCCCC(=O)NC(COP(=O)(O)OCC[N+](C)(C)C)C(O)CCCCCCCCCCCCCCCC. The van der Waals surface area contributed by atoms with Crippen molar-refractivity contribution in [1.82, 2.24) is 5.32 Å². The van der Waals surface area contributed by atoms with Crippen molar-refractivity contribution in [3.63, 3.8) is 0 Å². The maximum absolute atomic E-state index is 13.0. The number of hydrogen-bond acceptors (Lipinski definition) is 5. The van der Waals surface area contributed by atoms with E-state index >= 15 is 0 Å². The zero-order valence-corrected chi connectivity index (χ0v) is 47.1. The van der Waals surface area contributed by atoms with Crippen molar-refractivity contribution in [1.29, 1.82) is 0 Å². The molecule has 71 heavy (non-hydrogen) atoms. The van der Waals surface area contributed by atoms with Gasteiger partial charge in [-0.3, -0.25) is 13.8 Å². The molecule has 1 amide bonds. The lowest BCUT2D eigenvalue weighted by Crippen LogP contribution is -2.46. The number of nitrogens with zero attached hydrogens (tertiary/aromatic N) is 1. The van der Waals surface area contributed by atoms with Gasteiger partial charge in [-0.2, -0.15) is 0 Å². The predicted molar refractivity (Wildman–Crippen MR) is 308 cm³/mol. The van der Waals surface area contributed by atoms with E-state index in [4.69, 9.17) is 9.05 Å². The van der Waals surface area contributed by atoms with Gasteiger partial charge in [0.25, 0.3) is 0 Å². The molecule has 0 aromatic carbocycles. The summed E-state index contributed by atoms with van der Waals surface area (Å²) >= 11 is 0. The zero-order chi connectivity index (χ0) is 52.0. The van der Waals surface area contributed by atoms with E-state index in [0.29, 0.717) is 23.9 Å². The van der Waals surface area contributed by atoms with Gasteiger partial charge in [-0.25, -0.2) is 4.57 Å². The molecule has 0 spiro atoms. The molecule has 3 atom stereocenters. The van der Waals surface area contributed by atoms with Gasteiger partial charge in [-0.1, -0.05) is 238 Å². The largest absolute Gasteiger partial charge is 0.472 e. The normalized spacial score (nSPS) is 14.9. The van der Waals surface area contributed by atoms with Crippen LogP contribution in [0.15, 0.2) is 122 Å². The molecule has 0 radical (unpaired) electrons. The van der Waals surface area contributed by atoms with Gasteiger partial charge >= 0.3 is 7.82 Å². The number of allylic oxidation sites excluding steroid dienone is 20. The van der Waals surface area contributed by atoms with Crippen molar-refractivity contribution in [2.75, 3.05) is 40.9 Å². The number of rotatable bonds is 50. The third kappa shape index (κ3) is 54.5. The van der Waals surface area contributed by atoms with Gasteiger partial charge in [-0.15, -0.1) is 0 Å². The highest BCUT2D eigenvalue weighted by atomic mass is 31.2. The van der Waals surface area contributed by atoms with Crippen LogP contribution < -0.4 is 5.32 Å². The van der Waals surface area contributed by atoms with Crippen LogP contribution >= 0.6 is 7.82 Å². The van der Waals surface area contributed by atoms with E-state index in [0.717, 1.165) is 116 Å². The molecule has 0 aromatic rings. The van der Waals surface area contributed by atoms with Gasteiger partial charge in [-0.05, 0) is 89.9 Å². The van der Waals surface area contributed by atoms with Crippen LogP contribution in [-0.2, 0) is 18.4 Å². The molecule has 0 heterocycles. The second-order valence-corrected chi connectivity index (χ2v) is 21.4. The Kier molecular flexibility index (Phi) is 49.5. The van der Waals surface area contributed by atoms with E-state index in [9.17, 15) is 19.4 Å². The first kappa shape index (κ1) is 67.9. The first-order valence-electron chi connectivity index (χ1n) is 28.4. The second kappa shape index (κ2) is 51.8. The average Bonchev–Trinajstić information content (AvgIpc) is 3.33. The summed E-state index contributed by atoms with van der Waals surface area (Å²) in [5.74, 6) is -0.174. The predicted octanol–water partition coefficient (Wildman–Crippen LogP) is 17.4. The van der Waals surface area contributed by atoms with E-state index in [1.807, 2.05) is 21.1 Å². The van der Waals surface area contributed by atoms with Gasteiger partial charge in [0.15, 0.2) is 0 Å². The minimum absolute atomic E-state index is 0.0628. The number of nitrogens with one attached hydrogen (secondary N) is 1. The van der Waals surface area contributed by atoms with E-state index in [2.05, 4.69) is 141 Å². The lowest BCUT2D eigenvalue weighted by Gasteiger charge is -2.26. The quantitative estimate of drug-likeness (QED) is 0.0243. The number of amides is 1. The molecular formula is C62H108N2O6P+. The topological polar surface area (TPSA) is 105 Å². The summed E-state index contributed by atoms with van der Waals surface area (Å²) in [7, 11) is 1.58. The summed E-state index contributed by atoms with van der Waals surface area (Å²) in [5, 5.41) is 14.0. The monoisotopic (exact) mass is 1010 g/mol. The fourth-order valence-corrected chi connectivity index (χ4v) is 8.28. The summed E-state index contributed by atoms with van der Waals surface area (Å²) in [6, 6.07) is -0.783. The fraction of sp³-hybridized carbons (Fsp3) is 0.661. The Bertz CT molecular complexity index is 1560. The summed E-state index contributed by atoms with van der Waals surface area (Å²) in [6.07, 6.45) is 76.8. The highest BCUT2D eigenvalue weighted by Gasteiger charge is 2.28. The van der Waals surface area contributed by atoms with Crippen molar-refractivity contribution < 1.29 is 32.9 Å². The fourth-order valence-electron chi connectivity index (χ4n) is 7.54. The third-order valence-electron chi connectivity index (χ3n) is 12.0. The van der Waals surface area contributed by atoms with Gasteiger partial charge in [0, 0.05) is 6.42 Å². The van der Waals surface area contributed by atoms with Crippen molar-refractivity contribution in [2.24, 2.45) is 0 Å². The van der Waals surface area contributed by atoms with Crippen molar-refractivity contribution in [3.05, 3.63) is 122 Å². The highest BCUT2D eigenvalue weighted by molar-refractivity contribution is 7.47. The molecular weight excluding hydrogens is 900 g/mol. The molecule has 9 heteroatoms. The minimum Gasteiger partial charge on any atom is -0.391 e. The third-order valence-corrected chi connectivity index (χ3v) is 13.0. The van der Waals surface area contributed by atoms with Crippen molar-refractivity contribution in [2.45, 2.75) is 225 Å². The van der Waals surface area contributed by atoms with Crippen LogP contribution in [0.4, 0.5) is 0 Å². The Labute approximate surface area is 437 Å². The molecule has 0 saturated heterocycles. The van der Waals surface area contributed by atoms with Crippen molar-refractivity contribution in [3.8, 4) is 0 Å². The van der Waals surface area contributed by atoms with Gasteiger partial charge in [0.2, 0.25) is 5.91 Å². The van der Waals surface area contributed by atoms with E-state index in [-0.39, 0.29) is 19.1 Å². The summed E-state index contributed by atoms with van der Waals surface area (Å²) in [4.78, 5) is 23.3. The molecule has 0 aromatic heterocycles. The molecule has 3 N–H and O–H groups in total. The number of aliphatic hydroxyl groups is 1. The van der Waals surface area contributed by atoms with Crippen LogP contribution in [0.25, 0.3) is 0 Å². The van der Waals surface area contributed by atoms with Crippen LogP contribution in [0, 0.1) is 0 Å². The van der Waals surface area contributed by atoms with Gasteiger partial charge in [0.1, 0.15) is 13.2 Å². The minimum atomic E-state index is -4.34. The van der Waals surface area contributed by atoms with Crippen LogP contribution in [0.3, 0.4) is 0 Å². The number of hydrogen-bond donors (Lipinski definition) is 3. The number of phosphoric ester groups is 1. The molecule has 0 saturated carbocycles. The summed E-state index contributed by atoms with van der Waals surface area (Å²) in [6.45, 7) is 4.74. The molecule has 3 unspecified atom stereocenters. The molecule has 0 aliphatic heterocycles. The Morgan fingerprint density at radius 2 is 0.845 bits per heavy atom. The first-order valence-corrected chi connectivity index (χ1v) is 29.9. The number of quaternary nitrogens is 1. The Hall–Kier alpha value is -3.10. The summed E-state index contributed by atoms with van der Waals surface area (Å²) in [5.41, 5.74) is 0. The number of likely N-dealkylation sites (N-methyl/N-ethyl adjacent to an activating group) is 1.